The van der Waals surface area contributed by atoms with Crippen molar-refractivity contribution in [3.05, 3.63) is 100 Å². The van der Waals surface area contributed by atoms with Gasteiger partial charge in [0.2, 0.25) is 0 Å². The van der Waals surface area contributed by atoms with Crippen molar-refractivity contribution >= 4 is 17.6 Å². The smallest absolute Gasteiger partial charge is 0.307 e. The lowest BCUT2D eigenvalue weighted by atomic mass is 10.1. The van der Waals surface area contributed by atoms with Crippen LogP contribution in [0.15, 0.2) is 72.8 Å². The number of hydrogen-bond acceptors (Lipinski definition) is 5. The van der Waals surface area contributed by atoms with E-state index >= 15 is 0 Å². The lowest BCUT2D eigenvalue weighted by molar-refractivity contribution is -0.136. The van der Waals surface area contributed by atoms with E-state index in [1.54, 1.807) is 0 Å². The lowest BCUT2D eigenvalue weighted by Crippen LogP contribution is -2.25. The first-order valence-electron chi connectivity index (χ1n) is 13.7. The van der Waals surface area contributed by atoms with Gasteiger partial charge in [-0.1, -0.05) is 85.6 Å². The SMILES string of the molecule is CCCCn1c(-c2ccccc2)nc(Cl)c1CN(Cc1ccc(CC(=O)O)cc1)Cc1ccc2c(c1)OCCO2. The number of rotatable bonds is 12. The van der Waals surface area contributed by atoms with Crippen molar-refractivity contribution in [1.29, 1.82) is 0 Å². The number of ether oxygens (including phenoxy) is 2. The summed E-state index contributed by atoms with van der Waals surface area (Å²) in [5, 5.41) is 9.66. The fraction of sp³-hybridized carbons (Fsp3) is 0.312. The maximum absolute atomic E-state index is 11.1. The molecule has 1 N–H and O–H groups in total. The molecular formula is C32H34ClN3O4. The van der Waals surface area contributed by atoms with Crippen molar-refractivity contribution in [2.45, 2.75) is 52.4 Å². The zero-order valence-corrected chi connectivity index (χ0v) is 23.4. The third-order valence-corrected chi connectivity index (χ3v) is 7.26. The Morgan fingerprint density at radius 2 is 1.60 bits per heavy atom. The summed E-state index contributed by atoms with van der Waals surface area (Å²) in [7, 11) is 0. The van der Waals surface area contributed by atoms with Gasteiger partial charge < -0.3 is 19.1 Å². The van der Waals surface area contributed by atoms with Crippen LogP contribution in [0.2, 0.25) is 5.15 Å². The lowest BCUT2D eigenvalue weighted by Gasteiger charge is -2.25. The number of fused-ring (bicyclic) bond motifs is 1. The van der Waals surface area contributed by atoms with E-state index in [0.29, 0.717) is 38.0 Å². The maximum atomic E-state index is 11.1. The van der Waals surface area contributed by atoms with E-state index < -0.39 is 5.97 Å². The van der Waals surface area contributed by atoms with Gasteiger partial charge in [-0.2, -0.15) is 0 Å². The molecule has 7 nitrogen and oxygen atoms in total. The predicted molar refractivity (Wildman–Crippen MR) is 156 cm³/mol. The Bertz CT molecular complexity index is 1440. The summed E-state index contributed by atoms with van der Waals surface area (Å²) in [6, 6.07) is 24.0. The number of carboxylic acid groups (broad SMARTS) is 1. The normalized spacial score (nSPS) is 12.6. The first-order valence-corrected chi connectivity index (χ1v) is 14.1. The van der Waals surface area contributed by atoms with Gasteiger partial charge in [0.05, 0.1) is 12.1 Å². The number of nitrogens with zero attached hydrogens (tertiary/aromatic N) is 3. The van der Waals surface area contributed by atoms with Crippen molar-refractivity contribution < 1.29 is 19.4 Å². The Balaban J connectivity index is 1.46. The Hall–Kier alpha value is -3.81. The average Bonchev–Trinajstić information content (AvgIpc) is 3.27. The summed E-state index contributed by atoms with van der Waals surface area (Å²) in [4.78, 5) is 18.3. The number of aromatic nitrogens is 2. The molecule has 1 aromatic heterocycles. The van der Waals surface area contributed by atoms with E-state index in [0.717, 1.165) is 64.7 Å². The number of benzene rings is 3. The summed E-state index contributed by atoms with van der Waals surface area (Å²) in [5.41, 5.74) is 4.99. The highest BCUT2D eigenvalue weighted by molar-refractivity contribution is 6.30. The first-order chi connectivity index (χ1) is 19.5. The summed E-state index contributed by atoms with van der Waals surface area (Å²) in [6.45, 7) is 6.01. The molecule has 4 aromatic rings. The molecule has 40 heavy (non-hydrogen) atoms. The molecule has 8 heteroatoms. The fourth-order valence-corrected chi connectivity index (χ4v) is 5.23. The number of unbranched alkanes of at least 4 members (excludes halogenated alkanes) is 1. The van der Waals surface area contributed by atoms with Crippen LogP contribution in [-0.4, -0.2) is 38.7 Å². The number of imidazole rings is 1. The van der Waals surface area contributed by atoms with Crippen molar-refractivity contribution in [3.63, 3.8) is 0 Å². The van der Waals surface area contributed by atoms with E-state index in [1.165, 1.54) is 0 Å². The minimum atomic E-state index is -0.836. The van der Waals surface area contributed by atoms with Gasteiger partial charge in [-0.05, 0) is 35.2 Å². The highest BCUT2D eigenvalue weighted by Gasteiger charge is 2.21. The van der Waals surface area contributed by atoms with E-state index in [-0.39, 0.29) is 6.42 Å². The quantitative estimate of drug-likeness (QED) is 0.211. The molecule has 0 bridgehead atoms. The first kappa shape index (κ1) is 27.7. The summed E-state index contributed by atoms with van der Waals surface area (Å²) in [5.74, 6) is 1.58. The van der Waals surface area contributed by atoms with Crippen molar-refractivity contribution in [2.24, 2.45) is 0 Å². The molecule has 0 fully saturated rings. The molecule has 0 spiro atoms. The zero-order chi connectivity index (χ0) is 27.9. The third-order valence-electron chi connectivity index (χ3n) is 6.96. The monoisotopic (exact) mass is 559 g/mol. The second kappa shape index (κ2) is 13.0. The van der Waals surface area contributed by atoms with Crippen molar-refractivity contribution in [3.8, 4) is 22.9 Å². The summed E-state index contributed by atoms with van der Waals surface area (Å²) in [6.07, 6.45) is 2.09. The molecule has 0 radical (unpaired) electrons. The minimum Gasteiger partial charge on any atom is -0.486 e. The van der Waals surface area contributed by atoms with Crippen LogP contribution in [0, 0.1) is 0 Å². The number of aliphatic carboxylic acids is 1. The molecular weight excluding hydrogens is 526 g/mol. The van der Waals surface area contributed by atoms with E-state index in [9.17, 15) is 4.79 Å². The van der Waals surface area contributed by atoms with Crippen LogP contribution in [0.3, 0.4) is 0 Å². The number of carboxylic acids is 1. The standard InChI is InChI=1S/C32H34ClN3O4/c1-2-3-15-36-27(31(33)34-32(36)26-7-5-4-6-8-26)22-35(20-24-11-9-23(10-12-24)19-30(37)38)21-25-13-14-28-29(18-25)40-17-16-39-28/h4-14,18H,2-3,15-17,19-22H2,1H3,(H,37,38). The molecule has 0 saturated heterocycles. The largest absolute Gasteiger partial charge is 0.486 e. The molecule has 0 saturated carbocycles. The number of halogens is 1. The van der Waals surface area contributed by atoms with Crippen molar-refractivity contribution in [2.75, 3.05) is 13.2 Å². The highest BCUT2D eigenvalue weighted by Crippen LogP contribution is 2.32. The van der Waals surface area contributed by atoms with Crippen LogP contribution in [0.4, 0.5) is 0 Å². The second-order valence-corrected chi connectivity index (χ2v) is 10.4. The average molecular weight is 560 g/mol. The Kier molecular flexibility index (Phi) is 9.04. The Morgan fingerprint density at radius 3 is 2.33 bits per heavy atom. The van der Waals surface area contributed by atoms with Gasteiger partial charge in [0.15, 0.2) is 16.7 Å². The van der Waals surface area contributed by atoms with E-state index in [2.05, 4.69) is 34.6 Å². The van der Waals surface area contributed by atoms with Crippen LogP contribution < -0.4 is 9.47 Å². The van der Waals surface area contributed by atoms with Gasteiger partial charge in [-0.3, -0.25) is 9.69 Å². The molecule has 1 aliphatic heterocycles. The van der Waals surface area contributed by atoms with Crippen LogP contribution in [0.25, 0.3) is 11.4 Å². The number of hydrogen-bond donors (Lipinski definition) is 1. The topological polar surface area (TPSA) is 76.8 Å². The molecule has 208 valence electrons. The second-order valence-electron chi connectivity index (χ2n) is 10.1. The molecule has 0 unspecified atom stereocenters. The van der Waals surface area contributed by atoms with Gasteiger partial charge in [-0.25, -0.2) is 4.98 Å². The van der Waals surface area contributed by atoms with Crippen LogP contribution >= 0.6 is 11.6 Å². The maximum Gasteiger partial charge on any atom is 0.307 e. The Morgan fingerprint density at radius 1 is 0.925 bits per heavy atom. The van der Waals surface area contributed by atoms with Gasteiger partial charge in [0.1, 0.15) is 19.0 Å². The Labute approximate surface area is 239 Å². The molecule has 0 aliphatic carbocycles. The predicted octanol–water partition coefficient (Wildman–Crippen LogP) is 6.60. The van der Waals surface area contributed by atoms with Gasteiger partial charge in [0, 0.05) is 31.7 Å². The molecule has 0 amide bonds. The van der Waals surface area contributed by atoms with Gasteiger partial charge >= 0.3 is 5.97 Å². The van der Waals surface area contributed by atoms with Crippen LogP contribution in [-0.2, 0) is 37.4 Å². The molecule has 2 heterocycles. The number of carbonyl (C=O) groups is 1. The molecule has 5 rings (SSSR count). The molecule has 1 aliphatic rings. The van der Waals surface area contributed by atoms with E-state index in [4.69, 9.17) is 31.2 Å². The van der Waals surface area contributed by atoms with Crippen LogP contribution in [0.5, 0.6) is 11.5 Å². The van der Waals surface area contributed by atoms with Crippen molar-refractivity contribution in [1.82, 2.24) is 14.5 Å². The molecule has 0 atom stereocenters. The van der Waals surface area contributed by atoms with Gasteiger partial charge in [0.25, 0.3) is 0 Å². The highest BCUT2D eigenvalue weighted by atomic mass is 35.5. The van der Waals surface area contributed by atoms with Gasteiger partial charge in [-0.15, -0.1) is 0 Å². The summed E-state index contributed by atoms with van der Waals surface area (Å²) >= 11 is 6.84. The third kappa shape index (κ3) is 6.84. The van der Waals surface area contributed by atoms with Crippen LogP contribution in [0.1, 0.15) is 42.1 Å². The fourth-order valence-electron chi connectivity index (χ4n) is 4.99. The summed E-state index contributed by atoms with van der Waals surface area (Å²) < 4.78 is 13.8. The molecule has 3 aromatic carbocycles. The van der Waals surface area contributed by atoms with E-state index in [1.807, 2.05) is 54.6 Å². The zero-order valence-electron chi connectivity index (χ0n) is 22.7. The minimum absolute atomic E-state index is 0.00960.